The van der Waals surface area contributed by atoms with Crippen molar-refractivity contribution in [1.82, 2.24) is 5.32 Å². The highest BCUT2D eigenvalue weighted by atomic mass is 16.5. The fourth-order valence-corrected chi connectivity index (χ4v) is 3.07. The van der Waals surface area contributed by atoms with Gasteiger partial charge in [0.1, 0.15) is 5.75 Å². The van der Waals surface area contributed by atoms with Gasteiger partial charge in [0.25, 0.3) is 5.91 Å². The highest BCUT2D eigenvalue weighted by Gasteiger charge is 2.15. The standard InChI is InChI=1S/C21H26N2O2/c1-16-7-3-4-8-20(16)25-17(2)21(24)22-15-18-9-11-19(12-10-18)23-13-5-6-14-23/h3-4,7-12,17H,5-6,13-15H2,1-2H3,(H,22,24)/t17-/m1/s1. The molecule has 0 aliphatic carbocycles. The highest BCUT2D eigenvalue weighted by molar-refractivity contribution is 5.80. The molecule has 3 rings (SSSR count). The molecular formula is C21H26N2O2. The van der Waals surface area contributed by atoms with Crippen LogP contribution in [0.3, 0.4) is 0 Å². The van der Waals surface area contributed by atoms with E-state index in [0.29, 0.717) is 6.54 Å². The lowest BCUT2D eigenvalue weighted by molar-refractivity contribution is -0.127. The molecule has 1 aliphatic heterocycles. The molecule has 1 fully saturated rings. The fraction of sp³-hybridized carbons (Fsp3) is 0.381. The van der Waals surface area contributed by atoms with E-state index in [9.17, 15) is 4.79 Å². The summed E-state index contributed by atoms with van der Waals surface area (Å²) in [5, 5.41) is 2.95. The normalized spacial score (nSPS) is 15.0. The SMILES string of the molecule is Cc1ccccc1O[C@H](C)C(=O)NCc1ccc(N2CCCC2)cc1. The van der Waals surface area contributed by atoms with Gasteiger partial charge in [0.05, 0.1) is 0 Å². The van der Waals surface area contributed by atoms with Crippen LogP contribution in [0.25, 0.3) is 0 Å². The van der Waals surface area contributed by atoms with E-state index in [0.717, 1.165) is 30.0 Å². The molecule has 2 aromatic rings. The van der Waals surface area contributed by atoms with Gasteiger partial charge in [-0.1, -0.05) is 30.3 Å². The van der Waals surface area contributed by atoms with E-state index in [2.05, 4.69) is 34.5 Å². The van der Waals surface area contributed by atoms with Crippen LogP contribution in [0, 0.1) is 6.92 Å². The average molecular weight is 338 g/mol. The third kappa shape index (κ3) is 4.53. The predicted molar refractivity (Wildman–Crippen MR) is 101 cm³/mol. The van der Waals surface area contributed by atoms with Crippen LogP contribution in [0.1, 0.15) is 30.9 Å². The number of hydrogen-bond acceptors (Lipinski definition) is 3. The van der Waals surface area contributed by atoms with Crippen LogP contribution in [-0.4, -0.2) is 25.1 Å². The summed E-state index contributed by atoms with van der Waals surface area (Å²) in [6, 6.07) is 16.2. The van der Waals surface area contributed by atoms with Crippen molar-refractivity contribution in [1.29, 1.82) is 0 Å². The van der Waals surface area contributed by atoms with Crippen LogP contribution in [0.5, 0.6) is 5.75 Å². The van der Waals surface area contributed by atoms with Crippen molar-refractivity contribution >= 4 is 11.6 Å². The lowest BCUT2D eigenvalue weighted by Crippen LogP contribution is -2.36. The summed E-state index contributed by atoms with van der Waals surface area (Å²) in [7, 11) is 0. The smallest absolute Gasteiger partial charge is 0.261 e. The molecule has 1 amide bonds. The van der Waals surface area contributed by atoms with Crippen molar-refractivity contribution in [3.63, 3.8) is 0 Å². The van der Waals surface area contributed by atoms with Gasteiger partial charge in [-0.2, -0.15) is 0 Å². The van der Waals surface area contributed by atoms with Crippen molar-refractivity contribution < 1.29 is 9.53 Å². The first-order valence-electron chi connectivity index (χ1n) is 8.97. The number of amides is 1. The summed E-state index contributed by atoms with van der Waals surface area (Å²) >= 11 is 0. The van der Waals surface area contributed by atoms with E-state index in [1.807, 2.05) is 31.2 Å². The van der Waals surface area contributed by atoms with Crippen LogP contribution in [-0.2, 0) is 11.3 Å². The summed E-state index contributed by atoms with van der Waals surface area (Å²) in [6.07, 6.45) is 2.03. The van der Waals surface area contributed by atoms with E-state index in [-0.39, 0.29) is 5.91 Å². The van der Waals surface area contributed by atoms with E-state index in [1.54, 1.807) is 6.92 Å². The van der Waals surface area contributed by atoms with Crippen LogP contribution in [0.15, 0.2) is 48.5 Å². The Bertz CT molecular complexity index is 706. The van der Waals surface area contributed by atoms with Gasteiger partial charge in [0, 0.05) is 25.3 Å². The molecule has 4 nitrogen and oxygen atoms in total. The minimum absolute atomic E-state index is 0.105. The molecule has 25 heavy (non-hydrogen) atoms. The molecule has 1 aliphatic rings. The number of benzene rings is 2. The zero-order chi connectivity index (χ0) is 17.6. The van der Waals surface area contributed by atoms with E-state index in [1.165, 1.54) is 18.5 Å². The van der Waals surface area contributed by atoms with Crippen molar-refractivity contribution in [2.24, 2.45) is 0 Å². The first-order chi connectivity index (χ1) is 12.1. The number of nitrogens with zero attached hydrogens (tertiary/aromatic N) is 1. The lowest BCUT2D eigenvalue weighted by atomic mass is 10.2. The van der Waals surface area contributed by atoms with E-state index < -0.39 is 6.10 Å². The van der Waals surface area contributed by atoms with Crippen LogP contribution >= 0.6 is 0 Å². The molecule has 0 radical (unpaired) electrons. The zero-order valence-corrected chi connectivity index (χ0v) is 15.0. The minimum atomic E-state index is -0.523. The van der Waals surface area contributed by atoms with Crippen molar-refractivity contribution in [2.45, 2.75) is 39.3 Å². The Balaban J connectivity index is 1.50. The van der Waals surface area contributed by atoms with Crippen LogP contribution < -0.4 is 15.0 Å². The number of hydrogen-bond donors (Lipinski definition) is 1. The maximum atomic E-state index is 12.3. The third-order valence-electron chi connectivity index (χ3n) is 4.64. The molecule has 132 valence electrons. The Morgan fingerprint density at radius 1 is 1.12 bits per heavy atom. The third-order valence-corrected chi connectivity index (χ3v) is 4.64. The topological polar surface area (TPSA) is 41.6 Å². The van der Waals surface area contributed by atoms with Gasteiger partial charge in [0.15, 0.2) is 6.10 Å². The molecule has 1 atom stereocenters. The fourth-order valence-electron chi connectivity index (χ4n) is 3.07. The molecule has 0 aromatic heterocycles. The first kappa shape index (κ1) is 17.3. The van der Waals surface area contributed by atoms with Crippen molar-refractivity contribution in [2.75, 3.05) is 18.0 Å². The monoisotopic (exact) mass is 338 g/mol. The summed E-state index contributed by atoms with van der Waals surface area (Å²) in [5.41, 5.74) is 3.39. The molecule has 0 unspecified atom stereocenters. The maximum absolute atomic E-state index is 12.3. The Labute approximate surface area is 149 Å². The first-order valence-corrected chi connectivity index (χ1v) is 8.97. The number of nitrogens with one attached hydrogen (secondary N) is 1. The van der Waals surface area contributed by atoms with Gasteiger partial charge in [-0.15, -0.1) is 0 Å². The van der Waals surface area contributed by atoms with Gasteiger partial charge >= 0.3 is 0 Å². The largest absolute Gasteiger partial charge is 0.481 e. The molecule has 0 spiro atoms. The zero-order valence-electron chi connectivity index (χ0n) is 15.0. The molecule has 0 bridgehead atoms. The van der Waals surface area contributed by atoms with Crippen LogP contribution in [0.4, 0.5) is 5.69 Å². The lowest BCUT2D eigenvalue weighted by Gasteiger charge is -2.18. The molecule has 2 aromatic carbocycles. The van der Waals surface area contributed by atoms with Gasteiger partial charge in [-0.05, 0) is 56.0 Å². The number of rotatable bonds is 6. The molecule has 1 saturated heterocycles. The van der Waals surface area contributed by atoms with E-state index in [4.69, 9.17) is 4.74 Å². The van der Waals surface area contributed by atoms with Gasteiger partial charge in [-0.25, -0.2) is 0 Å². The number of ether oxygens (including phenoxy) is 1. The minimum Gasteiger partial charge on any atom is -0.481 e. The van der Waals surface area contributed by atoms with Crippen molar-refractivity contribution in [3.8, 4) is 5.75 Å². The average Bonchev–Trinajstić information content (AvgIpc) is 3.16. The number of para-hydroxylation sites is 1. The summed E-state index contributed by atoms with van der Waals surface area (Å²) < 4.78 is 5.76. The molecule has 1 heterocycles. The second kappa shape index (κ2) is 8.06. The Morgan fingerprint density at radius 2 is 1.80 bits per heavy atom. The molecule has 4 heteroatoms. The quantitative estimate of drug-likeness (QED) is 0.873. The number of carbonyl (C=O) groups excluding carboxylic acids is 1. The van der Waals surface area contributed by atoms with Gasteiger partial charge in [-0.3, -0.25) is 4.79 Å². The molecular weight excluding hydrogens is 312 g/mol. The Morgan fingerprint density at radius 3 is 2.48 bits per heavy atom. The second-order valence-electron chi connectivity index (χ2n) is 6.60. The number of aryl methyl sites for hydroxylation is 1. The molecule has 1 N–H and O–H groups in total. The van der Waals surface area contributed by atoms with Gasteiger partial charge in [0.2, 0.25) is 0 Å². The Hall–Kier alpha value is -2.49. The number of anilines is 1. The maximum Gasteiger partial charge on any atom is 0.261 e. The second-order valence-corrected chi connectivity index (χ2v) is 6.60. The predicted octanol–water partition coefficient (Wildman–Crippen LogP) is 3.68. The summed E-state index contributed by atoms with van der Waals surface area (Å²) in [5.74, 6) is 0.645. The summed E-state index contributed by atoms with van der Waals surface area (Å²) in [4.78, 5) is 14.7. The van der Waals surface area contributed by atoms with Gasteiger partial charge < -0.3 is 15.0 Å². The number of carbonyl (C=O) groups is 1. The van der Waals surface area contributed by atoms with Crippen molar-refractivity contribution in [3.05, 3.63) is 59.7 Å². The summed E-state index contributed by atoms with van der Waals surface area (Å²) in [6.45, 7) is 6.55. The van der Waals surface area contributed by atoms with E-state index >= 15 is 0 Å². The molecule has 0 saturated carbocycles. The van der Waals surface area contributed by atoms with Crippen LogP contribution in [0.2, 0.25) is 0 Å². The Kier molecular flexibility index (Phi) is 5.59. The highest BCUT2D eigenvalue weighted by Crippen LogP contribution is 2.20.